The first-order valence-corrected chi connectivity index (χ1v) is 13.7. The number of epoxide rings is 1. The first-order valence-electron chi connectivity index (χ1n) is 12.1. The molecule has 1 aliphatic heterocycles. The Morgan fingerprint density at radius 3 is 1.81 bits per heavy atom. The number of hydrogen-bond donors (Lipinski definition) is 0. The van der Waals surface area contributed by atoms with Crippen molar-refractivity contribution in [3.8, 4) is 64.0 Å². The molecule has 170 valence electrons. The highest BCUT2D eigenvalue weighted by atomic mass is 32.1. The fraction of sp³-hybridized carbons (Fsp3) is 0.0625. The molecule has 2 aliphatic carbocycles. The van der Waals surface area contributed by atoms with E-state index in [9.17, 15) is 4.39 Å². The van der Waals surface area contributed by atoms with Crippen LogP contribution in [0.1, 0.15) is 11.7 Å². The van der Waals surface area contributed by atoms with Crippen molar-refractivity contribution in [2.45, 2.75) is 6.10 Å². The smallest absolute Gasteiger partial charge is 0.123 e. The number of benzene rings is 4. The fourth-order valence-electron chi connectivity index (χ4n) is 5.94. The first-order chi connectivity index (χ1) is 17.7. The molecule has 0 radical (unpaired) electrons. The van der Waals surface area contributed by atoms with Gasteiger partial charge < -0.3 is 4.74 Å². The molecule has 1 saturated heterocycles. The van der Waals surface area contributed by atoms with Crippen LogP contribution in [0.5, 0.6) is 0 Å². The number of halogens is 1. The van der Waals surface area contributed by atoms with Gasteiger partial charge in [0.2, 0.25) is 0 Å². The van der Waals surface area contributed by atoms with Gasteiger partial charge in [-0.25, -0.2) is 4.39 Å². The van der Waals surface area contributed by atoms with Gasteiger partial charge in [-0.2, -0.15) is 0 Å². The zero-order chi connectivity index (χ0) is 23.5. The molecule has 0 amide bonds. The van der Waals surface area contributed by atoms with Gasteiger partial charge in [0.05, 0.1) is 6.61 Å². The monoisotopic (exact) mass is 500 g/mol. The van der Waals surface area contributed by atoms with E-state index in [1.54, 1.807) is 12.1 Å². The van der Waals surface area contributed by atoms with Crippen molar-refractivity contribution in [2.75, 3.05) is 6.61 Å². The molecule has 9 rings (SSSR count). The first kappa shape index (κ1) is 19.6. The van der Waals surface area contributed by atoms with Crippen LogP contribution in [-0.2, 0) is 4.74 Å². The van der Waals surface area contributed by atoms with Gasteiger partial charge >= 0.3 is 0 Å². The average molecular weight is 501 g/mol. The van der Waals surface area contributed by atoms with Crippen molar-refractivity contribution in [1.29, 1.82) is 0 Å². The van der Waals surface area contributed by atoms with Gasteiger partial charge in [-0.05, 0) is 68.9 Å². The predicted octanol–water partition coefficient (Wildman–Crippen LogP) is 9.80. The van der Waals surface area contributed by atoms with Gasteiger partial charge in [0.25, 0.3) is 0 Å². The summed E-state index contributed by atoms with van der Waals surface area (Å²) in [6.45, 7) is 0.835. The van der Waals surface area contributed by atoms with E-state index in [-0.39, 0.29) is 11.9 Å². The summed E-state index contributed by atoms with van der Waals surface area (Å²) in [6, 6.07) is 29.5. The third kappa shape index (κ3) is 2.56. The predicted molar refractivity (Wildman–Crippen MR) is 148 cm³/mol. The normalized spacial score (nSPS) is 16.0. The van der Waals surface area contributed by atoms with Crippen LogP contribution in [0.15, 0.2) is 84.9 Å². The van der Waals surface area contributed by atoms with E-state index in [2.05, 4.69) is 60.7 Å². The van der Waals surface area contributed by atoms with Gasteiger partial charge in [0.15, 0.2) is 0 Å². The van der Waals surface area contributed by atoms with E-state index in [1.807, 2.05) is 34.8 Å². The third-order valence-corrected chi connectivity index (χ3v) is 10.1. The van der Waals surface area contributed by atoms with Crippen molar-refractivity contribution < 1.29 is 9.13 Å². The Hall–Kier alpha value is -3.57. The lowest BCUT2D eigenvalue weighted by Gasteiger charge is -2.07. The molecule has 0 saturated carbocycles. The Morgan fingerprint density at radius 1 is 0.611 bits per heavy atom. The largest absolute Gasteiger partial charge is 0.368 e. The van der Waals surface area contributed by atoms with E-state index in [1.165, 1.54) is 74.8 Å². The van der Waals surface area contributed by atoms with Crippen LogP contribution in [0.3, 0.4) is 0 Å². The molecule has 0 bridgehead atoms. The Morgan fingerprint density at radius 2 is 1.19 bits per heavy atom. The van der Waals surface area contributed by atoms with Gasteiger partial charge in [-0.3, -0.25) is 0 Å². The maximum atomic E-state index is 13.5. The molecule has 4 aromatic carbocycles. The Bertz CT molecular complexity index is 1820. The van der Waals surface area contributed by atoms with Crippen LogP contribution < -0.4 is 0 Å². The summed E-state index contributed by atoms with van der Waals surface area (Å²) in [5.41, 5.74) is 11.6. The second-order valence-electron chi connectivity index (χ2n) is 9.73. The molecule has 3 aliphatic rings. The standard InChI is InChI=1S/C32H17FOS2/c33-19-6-4-16(5-7-19)27-13-24-20-8-9-21-25-14-28(18-3-1-2-17(12-18)26-15-34-26)36-32(25)23-11-10-22(31(24)35-27)29(20)30(21)23/h1-14,26H,15H2. The summed E-state index contributed by atoms with van der Waals surface area (Å²) in [7, 11) is 0. The summed E-state index contributed by atoms with van der Waals surface area (Å²) in [5, 5.41) is 2.78. The molecule has 1 nitrogen and oxygen atoms in total. The molecule has 1 atom stereocenters. The lowest BCUT2D eigenvalue weighted by molar-refractivity contribution is 0.415. The van der Waals surface area contributed by atoms with Crippen molar-refractivity contribution in [3.05, 3.63) is 96.3 Å². The molecule has 2 aromatic heterocycles. The number of ether oxygens (including phenoxy) is 1. The zero-order valence-electron chi connectivity index (χ0n) is 19.0. The second kappa shape index (κ2) is 6.80. The topological polar surface area (TPSA) is 12.5 Å². The lowest BCUT2D eigenvalue weighted by Crippen LogP contribution is -1.82. The maximum Gasteiger partial charge on any atom is 0.123 e. The number of hydrogen-bond acceptors (Lipinski definition) is 3. The summed E-state index contributed by atoms with van der Waals surface area (Å²) in [6.07, 6.45) is 0.273. The lowest BCUT2D eigenvalue weighted by atomic mass is 9.97. The Labute approximate surface area is 215 Å². The zero-order valence-corrected chi connectivity index (χ0v) is 20.6. The van der Waals surface area contributed by atoms with Crippen LogP contribution in [0.25, 0.3) is 74.8 Å². The van der Waals surface area contributed by atoms with Crippen LogP contribution in [0.2, 0.25) is 0 Å². The van der Waals surface area contributed by atoms with Gasteiger partial charge in [-0.1, -0.05) is 54.6 Å². The van der Waals surface area contributed by atoms with E-state index >= 15 is 0 Å². The molecular weight excluding hydrogens is 483 g/mol. The third-order valence-electron chi connectivity index (χ3n) is 7.70. The van der Waals surface area contributed by atoms with Crippen LogP contribution >= 0.6 is 22.7 Å². The second-order valence-corrected chi connectivity index (χ2v) is 11.8. The molecule has 1 unspecified atom stereocenters. The summed E-state index contributed by atoms with van der Waals surface area (Å²) in [4.78, 5) is 5.19. The SMILES string of the molecule is Fc1ccc(-c2cc3c(s2)-c2ccc4c5c(ccc-3c25)-c2cc(-c3cccc(C5CO5)c3)sc2-4)cc1. The molecule has 36 heavy (non-hydrogen) atoms. The molecular formula is C32H17FOS2. The van der Waals surface area contributed by atoms with Crippen LogP contribution in [0.4, 0.5) is 4.39 Å². The maximum absolute atomic E-state index is 13.5. The van der Waals surface area contributed by atoms with Gasteiger partial charge in [-0.15, -0.1) is 22.7 Å². The van der Waals surface area contributed by atoms with Crippen molar-refractivity contribution in [3.63, 3.8) is 0 Å². The molecule has 4 heteroatoms. The summed E-state index contributed by atoms with van der Waals surface area (Å²) < 4.78 is 19.0. The number of thiophene rings is 2. The molecule has 0 spiro atoms. The highest BCUT2D eigenvalue weighted by Crippen LogP contribution is 2.60. The molecule has 0 N–H and O–H groups in total. The molecule has 6 aromatic rings. The van der Waals surface area contributed by atoms with E-state index in [0.717, 1.165) is 12.2 Å². The number of rotatable bonds is 3. The highest BCUT2D eigenvalue weighted by molar-refractivity contribution is 7.20. The van der Waals surface area contributed by atoms with Crippen molar-refractivity contribution >= 4 is 33.4 Å². The summed E-state index contributed by atoms with van der Waals surface area (Å²) >= 11 is 3.70. The van der Waals surface area contributed by atoms with E-state index < -0.39 is 0 Å². The minimum Gasteiger partial charge on any atom is -0.368 e. The quantitative estimate of drug-likeness (QED) is 0.220. The minimum atomic E-state index is -0.198. The van der Waals surface area contributed by atoms with Gasteiger partial charge in [0, 0.05) is 41.8 Å². The highest BCUT2D eigenvalue weighted by Gasteiger charge is 2.32. The molecule has 3 heterocycles. The van der Waals surface area contributed by atoms with Crippen molar-refractivity contribution in [2.24, 2.45) is 0 Å². The van der Waals surface area contributed by atoms with Crippen LogP contribution in [0, 0.1) is 5.82 Å². The Balaban J connectivity index is 1.18. The van der Waals surface area contributed by atoms with Crippen LogP contribution in [-0.4, -0.2) is 6.61 Å². The van der Waals surface area contributed by atoms with Crippen molar-refractivity contribution in [1.82, 2.24) is 0 Å². The Kier molecular flexibility index (Phi) is 3.70. The minimum absolute atomic E-state index is 0.198. The average Bonchev–Trinajstić information content (AvgIpc) is 3.26. The van der Waals surface area contributed by atoms with E-state index in [4.69, 9.17) is 4.74 Å². The number of fused-ring (bicyclic) bond motifs is 6. The molecule has 1 fully saturated rings. The fourth-order valence-corrected chi connectivity index (χ4v) is 8.35. The van der Waals surface area contributed by atoms with Gasteiger partial charge in [0.1, 0.15) is 11.9 Å². The van der Waals surface area contributed by atoms with E-state index in [0.29, 0.717) is 0 Å². The summed E-state index contributed by atoms with van der Waals surface area (Å²) in [5.74, 6) is -0.198.